The van der Waals surface area contributed by atoms with Crippen LogP contribution in [-0.2, 0) is 0 Å². The number of nitrogens with zero attached hydrogens (tertiary/aromatic N) is 2. The van der Waals surface area contributed by atoms with Gasteiger partial charge in [0.05, 0.1) is 13.2 Å². The van der Waals surface area contributed by atoms with E-state index in [4.69, 9.17) is 16.3 Å². The van der Waals surface area contributed by atoms with Crippen molar-refractivity contribution in [1.82, 2.24) is 10.2 Å². The molecule has 168 valence electrons. The topological polar surface area (TPSA) is 44.8 Å². The van der Waals surface area contributed by atoms with Crippen molar-refractivity contribution in [3.63, 3.8) is 0 Å². The minimum atomic E-state index is -0.0763. The molecule has 1 N–H and O–H groups in total. The zero-order valence-electron chi connectivity index (χ0n) is 18.3. The maximum atomic E-state index is 12.8. The number of piperazine rings is 1. The molecule has 0 bridgehead atoms. The van der Waals surface area contributed by atoms with Crippen molar-refractivity contribution in [3.8, 4) is 5.75 Å². The Labute approximate surface area is 198 Å². The summed E-state index contributed by atoms with van der Waals surface area (Å²) in [4.78, 5) is 19.0. The lowest BCUT2D eigenvalue weighted by molar-refractivity contribution is 0.0890. The number of anilines is 1. The van der Waals surface area contributed by atoms with E-state index in [2.05, 4.69) is 51.7 Å². The number of ether oxygens (including phenoxy) is 1. The van der Waals surface area contributed by atoms with E-state index in [0.717, 1.165) is 31.9 Å². The molecule has 1 aliphatic heterocycles. The minimum Gasteiger partial charge on any atom is -0.497 e. The van der Waals surface area contributed by atoms with Crippen LogP contribution in [-0.4, -0.2) is 50.1 Å². The van der Waals surface area contributed by atoms with Gasteiger partial charge in [-0.2, -0.15) is 0 Å². The minimum absolute atomic E-state index is 0.0376. The fourth-order valence-corrected chi connectivity index (χ4v) is 5.31. The van der Waals surface area contributed by atoms with Gasteiger partial charge in [-0.1, -0.05) is 17.7 Å². The van der Waals surface area contributed by atoms with Crippen LogP contribution >= 0.6 is 22.9 Å². The van der Waals surface area contributed by atoms with Crippen molar-refractivity contribution >= 4 is 34.5 Å². The Hall–Kier alpha value is -2.54. The van der Waals surface area contributed by atoms with E-state index in [9.17, 15) is 4.79 Å². The molecule has 0 spiro atoms. The van der Waals surface area contributed by atoms with Gasteiger partial charge in [0.15, 0.2) is 0 Å². The number of hydrogen-bond donors (Lipinski definition) is 1. The Bertz CT molecular complexity index is 1000. The van der Waals surface area contributed by atoms with E-state index < -0.39 is 0 Å². The van der Waals surface area contributed by atoms with Crippen molar-refractivity contribution in [3.05, 3.63) is 81.5 Å². The standard InChI is InChI=1S/C25H28ClN3O2S/c1-18(27-25(30)19-5-7-20(26)8-6-19)24(23-4-3-17-32-23)29-15-13-28(14-16-29)21-9-11-22(31-2)12-10-21/h3-12,17-18,24H,13-16H2,1-2H3,(H,27,30). The summed E-state index contributed by atoms with van der Waals surface area (Å²) in [5.74, 6) is 0.794. The molecule has 5 nitrogen and oxygen atoms in total. The van der Waals surface area contributed by atoms with Gasteiger partial charge in [0.1, 0.15) is 5.75 Å². The van der Waals surface area contributed by atoms with Gasteiger partial charge in [0.2, 0.25) is 0 Å². The first kappa shape index (κ1) is 22.6. The highest BCUT2D eigenvalue weighted by Crippen LogP contribution is 2.30. The number of thiophene rings is 1. The summed E-state index contributed by atoms with van der Waals surface area (Å²) in [7, 11) is 1.69. The molecule has 2 unspecified atom stereocenters. The predicted molar refractivity (Wildman–Crippen MR) is 132 cm³/mol. The third-order valence-corrected chi connectivity index (χ3v) is 7.11. The van der Waals surface area contributed by atoms with Crippen LogP contribution in [0.15, 0.2) is 66.0 Å². The molecule has 32 heavy (non-hydrogen) atoms. The molecule has 7 heteroatoms. The van der Waals surface area contributed by atoms with E-state index in [1.165, 1.54) is 10.6 Å². The van der Waals surface area contributed by atoms with E-state index >= 15 is 0 Å². The number of amides is 1. The first-order valence-corrected chi connectivity index (χ1v) is 12.0. The van der Waals surface area contributed by atoms with Crippen molar-refractivity contribution < 1.29 is 9.53 Å². The fraction of sp³-hybridized carbons (Fsp3) is 0.320. The van der Waals surface area contributed by atoms with Gasteiger partial charge in [0.25, 0.3) is 5.91 Å². The number of nitrogens with one attached hydrogen (secondary N) is 1. The highest BCUT2D eigenvalue weighted by Gasteiger charge is 2.31. The molecule has 4 rings (SSSR count). The third-order valence-electron chi connectivity index (χ3n) is 5.92. The molecule has 3 aromatic rings. The summed E-state index contributed by atoms with van der Waals surface area (Å²) in [6.45, 7) is 5.82. The van der Waals surface area contributed by atoms with Gasteiger partial charge in [-0.3, -0.25) is 9.69 Å². The van der Waals surface area contributed by atoms with Crippen LogP contribution in [0.25, 0.3) is 0 Å². The second-order valence-corrected chi connectivity index (χ2v) is 9.37. The Morgan fingerprint density at radius 2 is 1.72 bits per heavy atom. The predicted octanol–water partition coefficient (Wildman–Crippen LogP) is 5.09. The number of carbonyl (C=O) groups is 1. The number of carbonyl (C=O) groups excluding carboxylic acids is 1. The maximum Gasteiger partial charge on any atom is 0.251 e. The van der Waals surface area contributed by atoms with E-state index in [1.807, 2.05) is 12.1 Å². The fourth-order valence-electron chi connectivity index (χ4n) is 4.22. The highest BCUT2D eigenvalue weighted by molar-refractivity contribution is 7.10. The second-order valence-electron chi connectivity index (χ2n) is 7.95. The first-order chi connectivity index (χ1) is 15.5. The average Bonchev–Trinajstić information content (AvgIpc) is 3.34. The van der Waals surface area contributed by atoms with Gasteiger partial charge in [-0.05, 0) is 66.9 Å². The molecule has 0 aliphatic carbocycles. The molecule has 2 heterocycles. The Morgan fingerprint density at radius 3 is 2.31 bits per heavy atom. The van der Waals surface area contributed by atoms with Crippen molar-refractivity contribution in [1.29, 1.82) is 0 Å². The van der Waals surface area contributed by atoms with Crippen molar-refractivity contribution in [2.24, 2.45) is 0 Å². The molecule has 1 saturated heterocycles. The monoisotopic (exact) mass is 469 g/mol. The maximum absolute atomic E-state index is 12.8. The van der Waals surface area contributed by atoms with Crippen LogP contribution in [0.3, 0.4) is 0 Å². The molecular formula is C25H28ClN3O2S. The molecule has 1 fully saturated rings. The average molecular weight is 470 g/mol. The van der Waals surface area contributed by atoms with E-state index in [-0.39, 0.29) is 18.0 Å². The molecular weight excluding hydrogens is 442 g/mol. The zero-order chi connectivity index (χ0) is 22.5. The lowest BCUT2D eigenvalue weighted by Gasteiger charge is -2.42. The lowest BCUT2D eigenvalue weighted by atomic mass is 10.0. The van der Waals surface area contributed by atoms with Gasteiger partial charge in [0, 0.05) is 53.4 Å². The van der Waals surface area contributed by atoms with Crippen LogP contribution in [0, 0.1) is 0 Å². The van der Waals surface area contributed by atoms with Crippen LogP contribution in [0.4, 0.5) is 5.69 Å². The Morgan fingerprint density at radius 1 is 1.03 bits per heavy atom. The quantitative estimate of drug-likeness (QED) is 0.523. The van der Waals surface area contributed by atoms with Crippen molar-refractivity contribution in [2.75, 3.05) is 38.2 Å². The van der Waals surface area contributed by atoms with Gasteiger partial charge >= 0.3 is 0 Å². The Kier molecular flexibility index (Phi) is 7.35. The smallest absolute Gasteiger partial charge is 0.251 e. The first-order valence-electron chi connectivity index (χ1n) is 10.8. The molecule has 1 amide bonds. The second kappa shape index (κ2) is 10.4. The number of rotatable bonds is 7. The van der Waals surface area contributed by atoms with Crippen molar-refractivity contribution in [2.45, 2.75) is 19.0 Å². The molecule has 0 saturated carbocycles. The summed E-state index contributed by atoms with van der Waals surface area (Å²) >= 11 is 7.71. The van der Waals surface area contributed by atoms with Crippen LogP contribution in [0.2, 0.25) is 5.02 Å². The number of halogens is 1. The van der Waals surface area contributed by atoms with Crippen LogP contribution < -0.4 is 15.0 Å². The molecule has 0 radical (unpaired) electrons. The summed E-state index contributed by atoms with van der Waals surface area (Å²) in [6, 6.07) is 19.6. The molecule has 2 atom stereocenters. The lowest BCUT2D eigenvalue weighted by Crippen LogP contribution is -2.52. The number of methoxy groups -OCH3 is 1. The molecule has 1 aromatic heterocycles. The summed E-state index contributed by atoms with van der Waals surface area (Å²) < 4.78 is 5.28. The van der Waals surface area contributed by atoms with E-state index in [1.54, 1.807) is 42.7 Å². The molecule has 1 aliphatic rings. The largest absolute Gasteiger partial charge is 0.497 e. The third kappa shape index (κ3) is 5.26. The zero-order valence-corrected chi connectivity index (χ0v) is 19.9. The SMILES string of the molecule is COc1ccc(N2CCN(C(c3cccs3)C(C)NC(=O)c3ccc(Cl)cc3)CC2)cc1. The molecule has 2 aromatic carbocycles. The summed E-state index contributed by atoms with van der Waals surface area (Å²) in [6.07, 6.45) is 0. The number of hydrogen-bond acceptors (Lipinski definition) is 5. The van der Waals surface area contributed by atoms with Gasteiger partial charge in [-0.25, -0.2) is 0 Å². The Balaban J connectivity index is 1.44. The number of benzene rings is 2. The summed E-state index contributed by atoms with van der Waals surface area (Å²) in [5.41, 5.74) is 1.83. The van der Waals surface area contributed by atoms with E-state index in [0.29, 0.717) is 10.6 Å². The summed E-state index contributed by atoms with van der Waals surface area (Å²) in [5, 5.41) is 5.94. The normalized spacial score (nSPS) is 16.4. The van der Waals surface area contributed by atoms with Crippen LogP contribution in [0.1, 0.15) is 28.2 Å². The van der Waals surface area contributed by atoms with Gasteiger partial charge < -0.3 is 15.0 Å². The van der Waals surface area contributed by atoms with Gasteiger partial charge in [-0.15, -0.1) is 11.3 Å². The highest BCUT2D eigenvalue weighted by atomic mass is 35.5. The van der Waals surface area contributed by atoms with Crippen LogP contribution in [0.5, 0.6) is 5.75 Å².